The summed E-state index contributed by atoms with van der Waals surface area (Å²) in [5, 5.41) is 8.87. The molecule has 0 bridgehead atoms. The van der Waals surface area contributed by atoms with Crippen LogP contribution in [0.4, 0.5) is 4.79 Å². The Labute approximate surface area is 160 Å². The normalized spacial score (nSPS) is 27.1. The first-order valence-electron chi connectivity index (χ1n) is 9.35. The summed E-state index contributed by atoms with van der Waals surface area (Å²) < 4.78 is 11.1. The van der Waals surface area contributed by atoms with Crippen molar-refractivity contribution in [3.63, 3.8) is 0 Å². The second kappa shape index (κ2) is 8.25. The molecular formula is C20H29NO6. The van der Waals surface area contributed by atoms with E-state index in [0.717, 1.165) is 4.90 Å². The lowest BCUT2D eigenvalue weighted by atomic mass is 9.87. The first-order chi connectivity index (χ1) is 12.6. The summed E-state index contributed by atoms with van der Waals surface area (Å²) in [6.07, 6.45) is 4.21. The molecule has 2 heterocycles. The van der Waals surface area contributed by atoms with Gasteiger partial charge in [-0.15, -0.1) is 0 Å². The molecule has 0 aliphatic carbocycles. The number of aliphatic hydroxyl groups excluding tert-OH is 1. The highest BCUT2D eigenvalue weighted by Gasteiger charge is 2.53. The molecule has 0 spiro atoms. The van der Waals surface area contributed by atoms with Crippen LogP contribution in [0.5, 0.6) is 0 Å². The molecule has 27 heavy (non-hydrogen) atoms. The molecule has 7 nitrogen and oxygen atoms in total. The molecule has 0 saturated carbocycles. The van der Waals surface area contributed by atoms with Crippen molar-refractivity contribution < 1.29 is 29.0 Å². The number of rotatable bonds is 6. The highest BCUT2D eigenvalue weighted by atomic mass is 16.6. The van der Waals surface area contributed by atoms with Crippen LogP contribution in [0.25, 0.3) is 0 Å². The predicted molar refractivity (Wildman–Crippen MR) is 98.6 cm³/mol. The summed E-state index contributed by atoms with van der Waals surface area (Å²) in [4.78, 5) is 38.9. The summed E-state index contributed by atoms with van der Waals surface area (Å²) in [6.45, 7) is 9.05. The van der Waals surface area contributed by atoms with E-state index in [2.05, 4.69) is 0 Å². The van der Waals surface area contributed by atoms with Crippen molar-refractivity contribution in [2.24, 2.45) is 11.8 Å². The van der Waals surface area contributed by atoms with Crippen LogP contribution < -0.4 is 0 Å². The number of unbranched alkanes of at least 4 members (excludes halogenated alkanes) is 1. The molecule has 2 aliphatic heterocycles. The Balaban J connectivity index is 2.20. The predicted octanol–water partition coefficient (Wildman–Crippen LogP) is 2.59. The Kier molecular flexibility index (Phi) is 6.46. The van der Waals surface area contributed by atoms with E-state index >= 15 is 0 Å². The molecule has 1 N–H and O–H groups in total. The summed E-state index contributed by atoms with van der Waals surface area (Å²) in [6, 6.07) is -0.422. The largest absolute Gasteiger partial charge is 0.482 e. The van der Waals surface area contributed by atoms with Crippen LogP contribution in [-0.4, -0.2) is 52.1 Å². The van der Waals surface area contributed by atoms with E-state index in [-0.39, 0.29) is 18.3 Å². The molecule has 0 aromatic carbocycles. The van der Waals surface area contributed by atoms with Crippen LogP contribution in [0.1, 0.15) is 47.5 Å². The first-order valence-corrected chi connectivity index (χ1v) is 9.35. The number of imide groups is 1. The Bertz CT molecular complexity index is 663. The Hall–Kier alpha value is -2.15. The maximum absolute atomic E-state index is 13.1. The van der Waals surface area contributed by atoms with Gasteiger partial charge in [-0.3, -0.25) is 9.59 Å². The van der Waals surface area contributed by atoms with E-state index in [1.54, 1.807) is 32.9 Å². The number of nitrogens with zero attached hydrogens (tertiary/aromatic N) is 1. The van der Waals surface area contributed by atoms with Crippen molar-refractivity contribution in [2.75, 3.05) is 6.61 Å². The van der Waals surface area contributed by atoms with Crippen molar-refractivity contribution in [3.8, 4) is 0 Å². The third-order valence-electron chi connectivity index (χ3n) is 4.91. The van der Waals surface area contributed by atoms with Crippen LogP contribution >= 0.6 is 0 Å². The van der Waals surface area contributed by atoms with Gasteiger partial charge in [0.25, 0.3) is 0 Å². The summed E-state index contributed by atoms with van der Waals surface area (Å²) in [7, 11) is 0. The summed E-state index contributed by atoms with van der Waals surface area (Å²) in [5.41, 5.74) is -0.798. The number of allylic oxidation sites excluding steroid dienone is 2. The van der Waals surface area contributed by atoms with Gasteiger partial charge in [-0.25, -0.2) is 9.69 Å². The zero-order valence-corrected chi connectivity index (χ0v) is 16.6. The number of carbonyl (C=O) groups excluding carboxylic acids is 3. The van der Waals surface area contributed by atoms with Gasteiger partial charge in [0.1, 0.15) is 11.4 Å². The lowest BCUT2D eigenvalue weighted by Crippen LogP contribution is -2.52. The van der Waals surface area contributed by atoms with E-state index in [9.17, 15) is 14.4 Å². The van der Waals surface area contributed by atoms with Gasteiger partial charge in [-0.05, 0) is 57.8 Å². The van der Waals surface area contributed by atoms with Crippen molar-refractivity contribution >= 4 is 17.8 Å². The zero-order valence-electron chi connectivity index (χ0n) is 16.6. The van der Waals surface area contributed by atoms with Crippen molar-refractivity contribution in [1.82, 2.24) is 4.90 Å². The summed E-state index contributed by atoms with van der Waals surface area (Å²) >= 11 is 0. The van der Waals surface area contributed by atoms with Crippen LogP contribution in [-0.2, 0) is 19.1 Å². The zero-order chi connectivity index (χ0) is 20.4. The minimum absolute atomic E-state index is 0.000546. The van der Waals surface area contributed by atoms with E-state index in [1.807, 2.05) is 13.8 Å². The molecule has 0 unspecified atom stereocenters. The molecular weight excluding hydrogens is 350 g/mol. The van der Waals surface area contributed by atoms with E-state index in [4.69, 9.17) is 14.6 Å². The van der Waals surface area contributed by atoms with Gasteiger partial charge >= 0.3 is 6.09 Å². The molecule has 2 amide bonds. The molecule has 7 heteroatoms. The number of hydrogen-bond acceptors (Lipinski definition) is 6. The van der Waals surface area contributed by atoms with E-state index < -0.39 is 35.7 Å². The maximum Gasteiger partial charge on any atom is 0.417 e. The molecule has 3 atom stereocenters. The topological polar surface area (TPSA) is 93.1 Å². The lowest BCUT2D eigenvalue weighted by Gasteiger charge is -2.33. The van der Waals surface area contributed by atoms with Crippen LogP contribution in [0.3, 0.4) is 0 Å². The first kappa shape index (κ1) is 21.2. The fraction of sp³-hybridized carbons (Fsp3) is 0.650. The number of hydrogen-bond donors (Lipinski definition) is 1. The minimum atomic E-state index is -0.993. The Morgan fingerprint density at radius 3 is 2.56 bits per heavy atom. The van der Waals surface area contributed by atoms with Crippen LogP contribution in [0.15, 0.2) is 24.0 Å². The van der Waals surface area contributed by atoms with Gasteiger partial charge in [0, 0.05) is 6.61 Å². The van der Waals surface area contributed by atoms with Crippen molar-refractivity contribution in [3.05, 3.63) is 24.0 Å². The van der Waals surface area contributed by atoms with E-state index in [1.165, 1.54) is 6.08 Å². The number of aliphatic hydroxyl groups is 1. The molecule has 0 aromatic rings. The van der Waals surface area contributed by atoms with Crippen molar-refractivity contribution in [2.45, 2.75) is 65.2 Å². The van der Waals surface area contributed by atoms with Crippen molar-refractivity contribution in [1.29, 1.82) is 0 Å². The molecule has 2 aliphatic rings. The van der Waals surface area contributed by atoms with Gasteiger partial charge in [0.15, 0.2) is 11.9 Å². The molecule has 150 valence electrons. The third-order valence-corrected chi connectivity index (χ3v) is 4.91. The van der Waals surface area contributed by atoms with Gasteiger partial charge < -0.3 is 14.6 Å². The Morgan fingerprint density at radius 2 is 1.96 bits per heavy atom. The minimum Gasteiger partial charge on any atom is -0.482 e. The fourth-order valence-corrected chi connectivity index (χ4v) is 3.74. The standard InChI is InChI=1S/C20H29NO6/c1-12(2)17-20(4,5)27-19(25)21(17)18(24)13(3)16-15(23)10-9-14(26-16)8-6-7-11-22/h8-10,12-13,16-17,22H,6-7,11H2,1-5H3/t13-,16-,17-/m1/s1. The SMILES string of the molecule is CC(C)[C@H]1N(C(=O)[C@H](C)[C@H]2OC(=CCCCO)C=CC2=O)C(=O)OC1(C)C. The fourth-order valence-electron chi connectivity index (χ4n) is 3.74. The molecule has 0 radical (unpaired) electrons. The van der Waals surface area contributed by atoms with Crippen LogP contribution in [0.2, 0.25) is 0 Å². The van der Waals surface area contributed by atoms with Gasteiger partial charge in [-0.1, -0.05) is 13.8 Å². The molecule has 0 aromatic heterocycles. The second-order valence-electron chi connectivity index (χ2n) is 7.90. The highest BCUT2D eigenvalue weighted by molar-refractivity contribution is 6.02. The van der Waals surface area contributed by atoms with Gasteiger partial charge in [0.05, 0.1) is 12.0 Å². The number of cyclic esters (lactones) is 1. The smallest absolute Gasteiger partial charge is 0.417 e. The Morgan fingerprint density at radius 1 is 1.30 bits per heavy atom. The van der Waals surface area contributed by atoms with Gasteiger partial charge in [0.2, 0.25) is 5.91 Å². The second-order valence-corrected chi connectivity index (χ2v) is 7.90. The third kappa shape index (κ3) is 4.40. The number of amides is 2. The van der Waals surface area contributed by atoms with Crippen LogP contribution in [0, 0.1) is 11.8 Å². The van der Waals surface area contributed by atoms with E-state index in [0.29, 0.717) is 18.6 Å². The molecule has 1 saturated heterocycles. The molecule has 2 rings (SSSR count). The quantitative estimate of drug-likeness (QED) is 0.713. The average molecular weight is 379 g/mol. The van der Waals surface area contributed by atoms with Gasteiger partial charge in [-0.2, -0.15) is 0 Å². The monoisotopic (exact) mass is 379 g/mol. The number of ketones is 1. The number of carbonyl (C=O) groups is 3. The average Bonchev–Trinajstić information content (AvgIpc) is 2.83. The maximum atomic E-state index is 13.1. The lowest BCUT2D eigenvalue weighted by molar-refractivity contribution is -0.143. The molecule has 1 fully saturated rings. The number of ether oxygens (including phenoxy) is 2. The highest BCUT2D eigenvalue weighted by Crippen LogP contribution is 2.36. The summed E-state index contributed by atoms with van der Waals surface area (Å²) in [5.74, 6) is -1.15.